The third-order valence-electron chi connectivity index (χ3n) is 4.09. The molecule has 29 heavy (non-hydrogen) atoms. The lowest BCUT2D eigenvalue weighted by Crippen LogP contribution is -2.36. The molecule has 0 bridgehead atoms. The molecule has 2 heterocycles. The number of thioether (sulfide) groups is 1. The van der Waals surface area contributed by atoms with Crippen molar-refractivity contribution in [2.24, 2.45) is 7.05 Å². The number of nitrogens with zero attached hydrogens (tertiary/aromatic N) is 3. The molecule has 11 heteroatoms. The lowest BCUT2D eigenvalue weighted by atomic mass is 10.2. The van der Waals surface area contributed by atoms with E-state index in [2.05, 4.69) is 20.5 Å². The zero-order chi connectivity index (χ0) is 21.0. The van der Waals surface area contributed by atoms with Gasteiger partial charge in [-0.15, -0.1) is 10.2 Å². The van der Waals surface area contributed by atoms with Crippen molar-refractivity contribution in [2.45, 2.75) is 18.6 Å². The van der Waals surface area contributed by atoms with E-state index in [4.69, 9.17) is 9.15 Å². The third-order valence-corrected chi connectivity index (χ3v) is 4.91. The van der Waals surface area contributed by atoms with E-state index in [1.807, 2.05) is 0 Å². The Morgan fingerprint density at radius 1 is 1.28 bits per heavy atom. The lowest BCUT2D eigenvalue weighted by molar-refractivity contribution is -0.113. The second-order valence-electron chi connectivity index (χ2n) is 6.10. The highest BCUT2D eigenvalue weighted by molar-refractivity contribution is 7.99. The van der Waals surface area contributed by atoms with Crippen LogP contribution >= 0.6 is 11.8 Å². The summed E-state index contributed by atoms with van der Waals surface area (Å²) in [5.41, 5.74) is 0.555. The molecule has 0 fully saturated rings. The summed E-state index contributed by atoms with van der Waals surface area (Å²) in [5, 5.41) is 10.8. The van der Waals surface area contributed by atoms with E-state index in [0.29, 0.717) is 22.7 Å². The van der Waals surface area contributed by atoms with Crippen molar-refractivity contribution >= 4 is 23.4 Å². The number of carbonyl (C=O) groups excluding carboxylic acids is 1. The van der Waals surface area contributed by atoms with Gasteiger partial charge < -0.3 is 19.5 Å². The Kier molecular flexibility index (Phi) is 6.17. The Balaban J connectivity index is 1.59. The quantitative estimate of drug-likeness (QED) is 0.546. The van der Waals surface area contributed by atoms with Crippen molar-refractivity contribution in [3.05, 3.63) is 62.3 Å². The molecule has 0 unspecified atom stereocenters. The maximum atomic E-state index is 12.2. The number of benzene rings is 1. The molecule has 3 rings (SSSR count). The molecule has 10 nitrogen and oxygen atoms in total. The predicted molar refractivity (Wildman–Crippen MR) is 106 cm³/mol. The number of aromatic nitrogens is 4. The van der Waals surface area contributed by atoms with Gasteiger partial charge in [-0.3, -0.25) is 14.2 Å². The molecular formula is C18H19N5O5S. The van der Waals surface area contributed by atoms with Gasteiger partial charge in [-0.25, -0.2) is 4.79 Å². The van der Waals surface area contributed by atoms with Crippen LogP contribution in [-0.2, 0) is 18.3 Å². The van der Waals surface area contributed by atoms with E-state index in [1.54, 1.807) is 38.3 Å². The summed E-state index contributed by atoms with van der Waals surface area (Å²) in [6, 6.07) is 6.96. The fraction of sp³-hybridized carbons (Fsp3) is 0.278. The van der Waals surface area contributed by atoms with Crippen LogP contribution in [0, 0.1) is 6.92 Å². The van der Waals surface area contributed by atoms with Crippen molar-refractivity contribution in [1.29, 1.82) is 0 Å². The molecule has 1 aromatic carbocycles. The topological polar surface area (TPSA) is 132 Å². The number of carbonyl (C=O) groups is 1. The Labute approximate surface area is 169 Å². The van der Waals surface area contributed by atoms with Crippen LogP contribution in [-0.4, -0.2) is 38.5 Å². The second kappa shape index (κ2) is 8.78. The summed E-state index contributed by atoms with van der Waals surface area (Å²) in [4.78, 5) is 38.5. The Morgan fingerprint density at radius 2 is 2.00 bits per heavy atom. The van der Waals surface area contributed by atoms with Crippen molar-refractivity contribution in [2.75, 3.05) is 18.2 Å². The van der Waals surface area contributed by atoms with Crippen LogP contribution in [0.25, 0.3) is 0 Å². The van der Waals surface area contributed by atoms with Crippen LogP contribution in [0.2, 0.25) is 0 Å². The number of aromatic amines is 1. The fourth-order valence-electron chi connectivity index (χ4n) is 2.50. The van der Waals surface area contributed by atoms with Gasteiger partial charge in [0.1, 0.15) is 5.75 Å². The average molecular weight is 417 g/mol. The van der Waals surface area contributed by atoms with E-state index in [0.717, 1.165) is 16.3 Å². The fourth-order valence-corrected chi connectivity index (χ4v) is 3.08. The van der Waals surface area contributed by atoms with Crippen LogP contribution in [0.4, 0.5) is 5.69 Å². The normalized spacial score (nSPS) is 10.7. The molecule has 2 N–H and O–H groups in total. The third kappa shape index (κ3) is 4.93. The van der Waals surface area contributed by atoms with Crippen molar-refractivity contribution < 1.29 is 13.9 Å². The highest BCUT2D eigenvalue weighted by atomic mass is 32.2. The van der Waals surface area contributed by atoms with Gasteiger partial charge in [-0.05, 0) is 31.2 Å². The molecule has 0 aliphatic carbocycles. The zero-order valence-electron chi connectivity index (χ0n) is 16.0. The number of H-pyrrole nitrogens is 1. The summed E-state index contributed by atoms with van der Waals surface area (Å²) in [6.07, 6.45) is 0.0842. The molecule has 152 valence electrons. The lowest BCUT2D eigenvalue weighted by Gasteiger charge is -2.05. The Bertz CT molecular complexity index is 1130. The first kappa shape index (κ1) is 20.4. The molecule has 2 aromatic heterocycles. The summed E-state index contributed by atoms with van der Waals surface area (Å²) >= 11 is 1.08. The molecule has 0 aliphatic heterocycles. The van der Waals surface area contributed by atoms with E-state index >= 15 is 0 Å². The number of methoxy groups -OCH3 is 1. The van der Waals surface area contributed by atoms with Gasteiger partial charge in [0.05, 0.1) is 19.3 Å². The zero-order valence-corrected chi connectivity index (χ0v) is 16.8. The van der Waals surface area contributed by atoms with E-state index < -0.39 is 11.2 Å². The number of hydrogen-bond donors (Lipinski definition) is 2. The molecule has 1 amide bonds. The second-order valence-corrected chi connectivity index (χ2v) is 7.03. The Hall–Kier alpha value is -3.34. The number of aryl methyl sites for hydroxylation is 1. The highest BCUT2D eigenvalue weighted by Gasteiger charge is 2.15. The largest absolute Gasteiger partial charge is 0.497 e. The maximum Gasteiger partial charge on any atom is 0.328 e. The number of ether oxygens (including phenoxy) is 1. The summed E-state index contributed by atoms with van der Waals surface area (Å²) < 4.78 is 11.6. The van der Waals surface area contributed by atoms with Gasteiger partial charge in [-0.1, -0.05) is 11.8 Å². The first-order valence-corrected chi connectivity index (χ1v) is 9.54. The Morgan fingerprint density at radius 3 is 2.69 bits per heavy atom. The molecule has 3 aromatic rings. The minimum Gasteiger partial charge on any atom is -0.497 e. The average Bonchev–Trinajstić information content (AvgIpc) is 3.16. The monoisotopic (exact) mass is 417 g/mol. The van der Waals surface area contributed by atoms with Crippen LogP contribution in [0.3, 0.4) is 0 Å². The van der Waals surface area contributed by atoms with Crippen molar-refractivity contribution in [3.63, 3.8) is 0 Å². The number of hydrogen-bond acceptors (Lipinski definition) is 8. The van der Waals surface area contributed by atoms with E-state index in [-0.39, 0.29) is 29.2 Å². The van der Waals surface area contributed by atoms with Gasteiger partial charge in [0, 0.05) is 24.0 Å². The van der Waals surface area contributed by atoms with Gasteiger partial charge in [0.2, 0.25) is 11.8 Å². The van der Waals surface area contributed by atoms with Crippen LogP contribution < -0.4 is 21.3 Å². The number of amides is 1. The van der Waals surface area contributed by atoms with Crippen molar-refractivity contribution in [1.82, 2.24) is 19.7 Å². The highest BCUT2D eigenvalue weighted by Crippen LogP contribution is 2.19. The van der Waals surface area contributed by atoms with E-state index in [1.165, 1.54) is 7.05 Å². The number of anilines is 1. The van der Waals surface area contributed by atoms with Crippen LogP contribution in [0.15, 0.2) is 43.5 Å². The number of nitrogens with one attached hydrogen (secondary N) is 2. The van der Waals surface area contributed by atoms with Crippen molar-refractivity contribution in [3.8, 4) is 5.75 Å². The van der Waals surface area contributed by atoms with Crippen LogP contribution in [0.5, 0.6) is 5.75 Å². The molecule has 0 saturated heterocycles. The number of rotatable bonds is 7. The molecule has 0 spiro atoms. The minimum absolute atomic E-state index is 0.0765. The SMILES string of the molecule is COc1ccc(NC(=O)CSc2nnc(Cc3c(C)[nH]c(=O)n(C)c3=O)o2)cc1. The molecule has 0 radical (unpaired) electrons. The molecule has 0 atom stereocenters. The summed E-state index contributed by atoms with van der Waals surface area (Å²) in [6.45, 7) is 1.63. The van der Waals surface area contributed by atoms with Gasteiger partial charge in [-0.2, -0.15) is 0 Å². The van der Waals surface area contributed by atoms with Gasteiger partial charge >= 0.3 is 5.69 Å². The minimum atomic E-state index is -0.485. The summed E-state index contributed by atoms with van der Waals surface area (Å²) in [5.74, 6) is 0.761. The van der Waals surface area contributed by atoms with Crippen LogP contribution in [0.1, 0.15) is 17.1 Å². The molecule has 0 aliphatic rings. The first-order valence-electron chi connectivity index (χ1n) is 8.55. The summed E-state index contributed by atoms with van der Waals surface area (Å²) in [7, 11) is 2.96. The smallest absolute Gasteiger partial charge is 0.328 e. The molecular weight excluding hydrogens is 398 g/mol. The maximum absolute atomic E-state index is 12.2. The molecule has 0 saturated carbocycles. The standard InChI is InChI=1S/C18H19N5O5S/c1-10-13(16(25)23(2)17(26)19-10)8-15-21-22-18(28-15)29-9-14(24)20-11-4-6-12(27-3)7-5-11/h4-7H,8-9H2,1-3H3,(H,19,26)(H,20,24). The van der Waals surface area contributed by atoms with Gasteiger partial charge in [0.25, 0.3) is 10.8 Å². The van der Waals surface area contributed by atoms with E-state index in [9.17, 15) is 14.4 Å². The first-order chi connectivity index (χ1) is 13.9. The van der Waals surface area contributed by atoms with Gasteiger partial charge in [0.15, 0.2) is 0 Å². The predicted octanol–water partition coefficient (Wildman–Crippen LogP) is 1.10.